The lowest BCUT2D eigenvalue weighted by Crippen LogP contribution is -2.14. The number of benzene rings is 3. The van der Waals surface area contributed by atoms with Crippen LogP contribution in [0, 0.1) is 20.8 Å². The van der Waals surface area contributed by atoms with Crippen LogP contribution in [0.3, 0.4) is 0 Å². The number of nitrogens with zero attached hydrogens (tertiary/aromatic N) is 3. The van der Waals surface area contributed by atoms with Gasteiger partial charge < -0.3 is 5.32 Å². The number of nitrogens with one attached hydrogen (secondary N) is 1. The molecule has 0 saturated heterocycles. The molecule has 7 heteroatoms. The molecule has 156 valence electrons. The van der Waals surface area contributed by atoms with Crippen LogP contribution in [0.2, 0.25) is 10.0 Å². The smallest absolute Gasteiger partial charge is 0.295 e. The van der Waals surface area contributed by atoms with E-state index >= 15 is 0 Å². The number of carbonyl (C=O) groups excluding carboxylic acids is 1. The molecule has 0 aliphatic heterocycles. The van der Waals surface area contributed by atoms with Crippen LogP contribution in [0.5, 0.6) is 0 Å². The Morgan fingerprint density at radius 1 is 0.871 bits per heavy atom. The Kier molecular flexibility index (Phi) is 5.81. The number of carbonyl (C=O) groups is 1. The van der Waals surface area contributed by atoms with E-state index in [-0.39, 0.29) is 5.82 Å². The zero-order valence-electron chi connectivity index (χ0n) is 17.3. The molecule has 0 radical (unpaired) electrons. The summed E-state index contributed by atoms with van der Waals surface area (Å²) in [4.78, 5) is 17.4. The summed E-state index contributed by atoms with van der Waals surface area (Å²) in [5.41, 5.74) is 5.37. The minimum atomic E-state index is -0.393. The maximum absolute atomic E-state index is 12.9. The van der Waals surface area contributed by atoms with E-state index in [0.29, 0.717) is 27.2 Å². The van der Waals surface area contributed by atoms with Crippen molar-refractivity contribution in [3.8, 4) is 17.1 Å². The molecule has 0 bridgehead atoms. The minimum Gasteiger partial charge on any atom is -0.319 e. The number of hydrogen-bond donors (Lipinski definition) is 1. The quantitative estimate of drug-likeness (QED) is 0.390. The maximum atomic E-state index is 12.9. The number of hydrogen-bond acceptors (Lipinski definition) is 3. The number of rotatable bonds is 4. The lowest BCUT2D eigenvalue weighted by Gasteiger charge is -2.08. The van der Waals surface area contributed by atoms with Crippen LogP contribution >= 0.6 is 23.2 Å². The molecule has 0 unspecified atom stereocenters. The molecule has 0 aliphatic carbocycles. The summed E-state index contributed by atoms with van der Waals surface area (Å²) >= 11 is 12.4. The second-order valence-electron chi connectivity index (χ2n) is 7.36. The molecular weight excluding hydrogens is 431 g/mol. The van der Waals surface area contributed by atoms with Gasteiger partial charge in [-0.3, -0.25) is 4.79 Å². The molecule has 0 aliphatic rings. The predicted octanol–water partition coefficient (Wildman–Crippen LogP) is 6.42. The van der Waals surface area contributed by atoms with Gasteiger partial charge in [0, 0.05) is 21.3 Å². The average Bonchev–Trinajstić information content (AvgIpc) is 3.19. The molecule has 1 aromatic heterocycles. The van der Waals surface area contributed by atoms with E-state index in [1.807, 2.05) is 63.2 Å². The van der Waals surface area contributed by atoms with E-state index in [4.69, 9.17) is 23.2 Å². The zero-order valence-corrected chi connectivity index (χ0v) is 18.8. The molecule has 0 saturated carbocycles. The minimum absolute atomic E-state index is 0.0554. The summed E-state index contributed by atoms with van der Waals surface area (Å²) in [5, 5.41) is 8.58. The third-order valence-corrected chi connectivity index (χ3v) is 5.74. The molecule has 1 amide bonds. The molecule has 31 heavy (non-hydrogen) atoms. The first-order valence-electron chi connectivity index (χ1n) is 9.70. The second-order valence-corrected chi connectivity index (χ2v) is 8.21. The Hall–Kier alpha value is -3.15. The van der Waals surface area contributed by atoms with Crippen LogP contribution < -0.4 is 5.32 Å². The van der Waals surface area contributed by atoms with Crippen molar-refractivity contribution < 1.29 is 4.79 Å². The van der Waals surface area contributed by atoms with Crippen molar-refractivity contribution in [2.45, 2.75) is 20.8 Å². The fourth-order valence-electron chi connectivity index (χ4n) is 3.09. The van der Waals surface area contributed by atoms with Crippen LogP contribution in [-0.4, -0.2) is 20.7 Å². The highest BCUT2D eigenvalue weighted by molar-refractivity contribution is 6.31. The largest absolute Gasteiger partial charge is 0.319 e. The van der Waals surface area contributed by atoms with Gasteiger partial charge in [0.25, 0.3) is 5.91 Å². The van der Waals surface area contributed by atoms with Crippen molar-refractivity contribution in [3.63, 3.8) is 0 Å². The van der Waals surface area contributed by atoms with Gasteiger partial charge in [0.2, 0.25) is 5.82 Å². The van der Waals surface area contributed by atoms with Gasteiger partial charge >= 0.3 is 0 Å². The van der Waals surface area contributed by atoms with E-state index < -0.39 is 5.91 Å². The van der Waals surface area contributed by atoms with Crippen LogP contribution in [0.4, 0.5) is 5.69 Å². The highest BCUT2D eigenvalue weighted by Crippen LogP contribution is 2.26. The molecule has 5 nitrogen and oxygen atoms in total. The highest BCUT2D eigenvalue weighted by Gasteiger charge is 2.19. The number of aryl methyl sites for hydroxylation is 3. The molecule has 0 spiro atoms. The lowest BCUT2D eigenvalue weighted by molar-refractivity contribution is 0.101. The fourth-order valence-corrected chi connectivity index (χ4v) is 3.39. The SMILES string of the molecule is Cc1ccc(NC(=O)c2nc(-c3ccc(Cl)cc3)n(-c3ccc(C)c(Cl)c3)n2)cc1C. The normalized spacial score (nSPS) is 10.9. The van der Waals surface area contributed by atoms with Crippen molar-refractivity contribution in [1.82, 2.24) is 14.8 Å². The van der Waals surface area contributed by atoms with Gasteiger partial charge in [-0.2, -0.15) is 0 Å². The topological polar surface area (TPSA) is 59.8 Å². The van der Waals surface area contributed by atoms with Crippen molar-refractivity contribution in [2.75, 3.05) is 5.32 Å². The third-order valence-electron chi connectivity index (χ3n) is 5.08. The predicted molar refractivity (Wildman–Crippen MR) is 125 cm³/mol. The maximum Gasteiger partial charge on any atom is 0.295 e. The van der Waals surface area contributed by atoms with E-state index in [1.165, 1.54) is 0 Å². The van der Waals surface area contributed by atoms with Crippen LogP contribution in [0.25, 0.3) is 17.1 Å². The Morgan fingerprint density at radius 2 is 1.58 bits per heavy atom. The van der Waals surface area contributed by atoms with Gasteiger partial charge in [0.15, 0.2) is 5.82 Å². The van der Waals surface area contributed by atoms with Crippen LogP contribution in [0.1, 0.15) is 27.3 Å². The standard InChI is InChI=1S/C24H20Cl2N4O/c1-14-4-10-19(12-16(14)3)27-24(31)22-28-23(17-6-8-18(25)9-7-17)30(29-22)20-11-5-15(2)21(26)13-20/h4-13H,1-3H3,(H,27,31). The summed E-state index contributed by atoms with van der Waals surface area (Å²) < 4.78 is 1.61. The monoisotopic (exact) mass is 450 g/mol. The van der Waals surface area contributed by atoms with Gasteiger partial charge in [-0.15, -0.1) is 5.10 Å². The average molecular weight is 451 g/mol. The van der Waals surface area contributed by atoms with Crippen molar-refractivity contribution in [1.29, 1.82) is 0 Å². The van der Waals surface area contributed by atoms with E-state index in [2.05, 4.69) is 15.4 Å². The number of anilines is 1. The number of aromatic nitrogens is 3. The molecule has 3 aromatic carbocycles. The third kappa shape index (κ3) is 4.48. The Bertz CT molecular complexity index is 1280. The zero-order chi connectivity index (χ0) is 22.1. The van der Waals surface area contributed by atoms with Gasteiger partial charge in [-0.1, -0.05) is 35.3 Å². The first kappa shape index (κ1) is 21.1. The Morgan fingerprint density at radius 3 is 2.26 bits per heavy atom. The second kappa shape index (κ2) is 8.53. The molecule has 1 heterocycles. The number of halogens is 2. The van der Waals surface area contributed by atoms with Gasteiger partial charge in [-0.25, -0.2) is 9.67 Å². The molecule has 1 N–H and O–H groups in total. The lowest BCUT2D eigenvalue weighted by atomic mass is 10.1. The van der Waals surface area contributed by atoms with E-state index in [9.17, 15) is 4.79 Å². The molecule has 0 atom stereocenters. The van der Waals surface area contributed by atoms with Gasteiger partial charge in [0.1, 0.15) is 0 Å². The van der Waals surface area contributed by atoms with Gasteiger partial charge in [-0.05, 0) is 86.0 Å². The van der Waals surface area contributed by atoms with Crippen molar-refractivity contribution in [2.24, 2.45) is 0 Å². The van der Waals surface area contributed by atoms with E-state index in [0.717, 1.165) is 22.3 Å². The first-order valence-corrected chi connectivity index (χ1v) is 10.5. The molecule has 4 rings (SSSR count). The molecule has 0 fully saturated rings. The van der Waals surface area contributed by atoms with Crippen molar-refractivity contribution >= 4 is 34.8 Å². The summed E-state index contributed by atoms with van der Waals surface area (Å²) in [7, 11) is 0. The first-order chi connectivity index (χ1) is 14.8. The summed E-state index contributed by atoms with van der Waals surface area (Å²) in [5.74, 6) is 0.178. The van der Waals surface area contributed by atoms with Crippen LogP contribution in [0.15, 0.2) is 60.7 Å². The van der Waals surface area contributed by atoms with Gasteiger partial charge in [0.05, 0.1) is 5.69 Å². The summed E-state index contributed by atoms with van der Waals surface area (Å²) in [6, 6.07) is 18.6. The number of amides is 1. The van der Waals surface area contributed by atoms with Crippen molar-refractivity contribution in [3.05, 3.63) is 93.2 Å². The molecule has 4 aromatic rings. The van der Waals surface area contributed by atoms with E-state index in [1.54, 1.807) is 22.9 Å². The Labute approximate surface area is 190 Å². The summed E-state index contributed by atoms with van der Waals surface area (Å²) in [6.07, 6.45) is 0. The molecular formula is C24H20Cl2N4O. The fraction of sp³-hybridized carbons (Fsp3) is 0.125. The Balaban J connectivity index is 1.76. The highest BCUT2D eigenvalue weighted by atomic mass is 35.5. The van der Waals surface area contributed by atoms with Crippen LogP contribution in [-0.2, 0) is 0 Å². The summed E-state index contributed by atoms with van der Waals surface area (Å²) in [6.45, 7) is 5.95.